The summed E-state index contributed by atoms with van der Waals surface area (Å²) < 4.78 is 9.52. The van der Waals surface area contributed by atoms with Crippen LogP contribution >= 0.6 is 0 Å². The van der Waals surface area contributed by atoms with Crippen LogP contribution < -0.4 is 21.3 Å². The third kappa shape index (κ3) is 8.72. The second-order valence-electron chi connectivity index (χ2n) is 13.6. The molecule has 44 heavy (non-hydrogen) atoms. The molecule has 0 spiro atoms. The number of likely N-dealkylation sites (tertiary alicyclic amines) is 1. The standard InChI is InChI=1S/C31H51N5O8/c1-11-13-19(23(37)26(39)32-14-12-2)33-25(38)22-21-18(31(21,8)9)15-36(22)27(40)24(30(5,6)7)35-28(41)34-20(17(3)4)16-44-29(42)43-10/h12,17-22,24H,2,11,13-16H2,1,3-10H3,(H,32,39)(H,33,38)(H2,34,35,41)/t18-,19?,20+,21-,22?,24?/m0/s1. The maximum atomic E-state index is 14.1. The van der Waals surface area contributed by atoms with E-state index in [4.69, 9.17) is 4.74 Å². The van der Waals surface area contributed by atoms with E-state index in [9.17, 15) is 28.8 Å². The zero-order valence-electron chi connectivity index (χ0n) is 27.6. The van der Waals surface area contributed by atoms with Crippen LogP contribution in [0.15, 0.2) is 12.7 Å². The number of hydrogen-bond donors (Lipinski definition) is 4. The zero-order valence-corrected chi connectivity index (χ0v) is 27.6. The highest BCUT2D eigenvalue weighted by Gasteiger charge is 2.69. The minimum atomic E-state index is -1.04. The van der Waals surface area contributed by atoms with E-state index in [1.54, 1.807) is 0 Å². The predicted octanol–water partition coefficient (Wildman–Crippen LogP) is 2.15. The second-order valence-corrected chi connectivity index (χ2v) is 13.6. The van der Waals surface area contributed by atoms with Gasteiger partial charge in [0.05, 0.1) is 19.2 Å². The molecule has 248 valence electrons. The summed E-state index contributed by atoms with van der Waals surface area (Å²) >= 11 is 0. The maximum Gasteiger partial charge on any atom is 0.508 e. The van der Waals surface area contributed by atoms with E-state index in [0.717, 1.165) is 0 Å². The molecule has 1 heterocycles. The first-order chi connectivity index (χ1) is 20.4. The van der Waals surface area contributed by atoms with E-state index in [-0.39, 0.29) is 42.7 Å². The average molecular weight is 622 g/mol. The summed E-state index contributed by atoms with van der Waals surface area (Å²) in [6.07, 6.45) is 1.38. The van der Waals surface area contributed by atoms with Gasteiger partial charge in [-0.1, -0.05) is 67.9 Å². The Kier molecular flexibility index (Phi) is 12.4. The summed E-state index contributed by atoms with van der Waals surface area (Å²) in [5.41, 5.74) is -0.936. The number of methoxy groups -OCH3 is 1. The Morgan fingerprint density at radius 1 is 1.07 bits per heavy atom. The normalized spacial score (nSPS) is 22.0. The number of carbonyl (C=O) groups is 6. The lowest BCUT2D eigenvalue weighted by molar-refractivity contribution is -0.145. The number of carbonyl (C=O) groups excluding carboxylic acids is 6. The number of piperidine rings is 1. The number of fused-ring (bicyclic) bond motifs is 1. The molecule has 13 heteroatoms. The van der Waals surface area contributed by atoms with Gasteiger partial charge in [-0.15, -0.1) is 6.58 Å². The van der Waals surface area contributed by atoms with Crippen molar-refractivity contribution in [2.75, 3.05) is 26.8 Å². The fourth-order valence-electron chi connectivity index (χ4n) is 5.81. The fourth-order valence-corrected chi connectivity index (χ4v) is 5.81. The van der Waals surface area contributed by atoms with E-state index < -0.39 is 65.3 Å². The molecule has 0 bridgehead atoms. The van der Waals surface area contributed by atoms with Gasteiger partial charge in [0.2, 0.25) is 17.6 Å². The van der Waals surface area contributed by atoms with Gasteiger partial charge in [0.25, 0.3) is 5.91 Å². The summed E-state index contributed by atoms with van der Waals surface area (Å²) in [6.45, 7) is 18.9. The summed E-state index contributed by atoms with van der Waals surface area (Å²) in [5, 5.41) is 10.8. The van der Waals surface area contributed by atoms with Gasteiger partial charge in [-0.3, -0.25) is 19.2 Å². The number of rotatable bonds is 14. The second kappa shape index (κ2) is 14.9. The molecule has 0 aromatic rings. The van der Waals surface area contributed by atoms with Gasteiger partial charge in [0, 0.05) is 13.1 Å². The Morgan fingerprint density at radius 3 is 2.23 bits per heavy atom. The number of hydrogen-bond acceptors (Lipinski definition) is 8. The van der Waals surface area contributed by atoms with Crippen LogP contribution in [0.4, 0.5) is 9.59 Å². The van der Waals surface area contributed by atoms with Crippen molar-refractivity contribution >= 4 is 35.7 Å². The van der Waals surface area contributed by atoms with Gasteiger partial charge >= 0.3 is 12.2 Å². The SMILES string of the molecule is C=CCNC(=O)C(=O)C(CCC)NC(=O)C1[C@@H]2[C@H](CN1C(=O)C(NC(=O)N[C@H](COC(=O)OC)C(C)C)C(C)(C)C)C2(C)C. The molecule has 0 aromatic carbocycles. The zero-order chi connectivity index (χ0) is 33.6. The molecule has 5 amide bonds. The number of nitrogens with zero attached hydrogens (tertiary/aromatic N) is 1. The summed E-state index contributed by atoms with van der Waals surface area (Å²) in [5.74, 6) is -2.68. The molecule has 1 aliphatic carbocycles. The van der Waals surface area contributed by atoms with E-state index in [0.29, 0.717) is 13.0 Å². The van der Waals surface area contributed by atoms with Crippen LogP contribution in [-0.2, 0) is 28.7 Å². The summed E-state index contributed by atoms with van der Waals surface area (Å²) in [7, 11) is 1.19. The highest BCUT2D eigenvalue weighted by Crippen LogP contribution is 2.65. The maximum absolute atomic E-state index is 14.1. The lowest BCUT2D eigenvalue weighted by Gasteiger charge is -2.38. The fraction of sp³-hybridized carbons (Fsp3) is 0.742. The first-order valence-electron chi connectivity index (χ1n) is 15.2. The lowest BCUT2D eigenvalue weighted by Crippen LogP contribution is -2.62. The number of urea groups is 1. The van der Waals surface area contributed by atoms with Gasteiger partial charge in [0.1, 0.15) is 18.7 Å². The van der Waals surface area contributed by atoms with Crippen LogP contribution in [0.25, 0.3) is 0 Å². The van der Waals surface area contributed by atoms with Crippen molar-refractivity contribution < 1.29 is 38.2 Å². The number of ether oxygens (including phenoxy) is 2. The lowest BCUT2D eigenvalue weighted by atomic mass is 9.85. The Labute approximate surface area is 260 Å². The Balaban J connectivity index is 2.27. The van der Waals surface area contributed by atoms with Crippen molar-refractivity contribution in [3.63, 3.8) is 0 Å². The first-order valence-corrected chi connectivity index (χ1v) is 15.2. The molecule has 2 fully saturated rings. The van der Waals surface area contributed by atoms with Crippen molar-refractivity contribution in [3.8, 4) is 0 Å². The van der Waals surface area contributed by atoms with Crippen LogP contribution in [0.1, 0.15) is 68.2 Å². The molecule has 0 radical (unpaired) electrons. The molecule has 3 unspecified atom stereocenters. The van der Waals surface area contributed by atoms with Gasteiger partial charge < -0.3 is 35.6 Å². The summed E-state index contributed by atoms with van der Waals surface area (Å²) in [6, 6.07) is -4.11. The van der Waals surface area contributed by atoms with Crippen LogP contribution in [0.2, 0.25) is 0 Å². The summed E-state index contributed by atoms with van der Waals surface area (Å²) in [4.78, 5) is 79.3. The van der Waals surface area contributed by atoms with Crippen molar-refractivity contribution in [2.45, 2.75) is 92.4 Å². The Morgan fingerprint density at radius 2 is 1.70 bits per heavy atom. The predicted molar refractivity (Wildman–Crippen MR) is 163 cm³/mol. The van der Waals surface area contributed by atoms with Gasteiger partial charge in [-0.2, -0.15) is 0 Å². The smallest absolute Gasteiger partial charge is 0.438 e. The van der Waals surface area contributed by atoms with Crippen molar-refractivity contribution in [1.82, 2.24) is 26.2 Å². The number of ketones is 1. The highest BCUT2D eigenvalue weighted by molar-refractivity contribution is 6.38. The molecule has 13 nitrogen and oxygen atoms in total. The first kappa shape index (κ1) is 36.6. The quantitative estimate of drug-likeness (QED) is 0.130. The molecular formula is C31H51N5O8. The van der Waals surface area contributed by atoms with E-state index in [1.165, 1.54) is 18.1 Å². The number of Topliss-reactive ketones (excluding diaryl/α,β-unsaturated/α-hetero) is 1. The van der Waals surface area contributed by atoms with E-state index >= 15 is 0 Å². The van der Waals surface area contributed by atoms with Crippen LogP contribution in [-0.4, -0.2) is 91.6 Å². The third-order valence-corrected chi connectivity index (χ3v) is 8.66. The van der Waals surface area contributed by atoms with Gasteiger partial charge in [-0.25, -0.2) is 9.59 Å². The van der Waals surface area contributed by atoms with Crippen molar-refractivity contribution in [1.29, 1.82) is 0 Å². The van der Waals surface area contributed by atoms with Crippen LogP contribution in [0, 0.1) is 28.6 Å². The Bertz CT molecular complexity index is 1110. The topological polar surface area (TPSA) is 172 Å². The molecule has 1 aliphatic heterocycles. The molecule has 1 saturated heterocycles. The highest BCUT2D eigenvalue weighted by atomic mass is 16.7. The number of nitrogens with one attached hydrogen (secondary N) is 4. The third-order valence-electron chi connectivity index (χ3n) is 8.66. The molecule has 4 N–H and O–H groups in total. The average Bonchev–Trinajstić information content (AvgIpc) is 3.26. The van der Waals surface area contributed by atoms with Crippen LogP contribution in [0.5, 0.6) is 0 Å². The van der Waals surface area contributed by atoms with Gasteiger partial charge in [-0.05, 0) is 35.0 Å². The molecule has 2 aliphatic rings. The van der Waals surface area contributed by atoms with E-state index in [2.05, 4.69) is 32.6 Å². The molecule has 0 aromatic heterocycles. The number of amides is 5. The van der Waals surface area contributed by atoms with E-state index in [1.807, 2.05) is 55.4 Å². The molecule has 6 atom stereocenters. The molecular weight excluding hydrogens is 570 g/mol. The minimum Gasteiger partial charge on any atom is -0.438 e. The monoisotopic (exact) mass is 621 g/mol. The largest absolute Gasteiger partial charge is 0.508 e. The van der Waals surface area contributed by atoms with Gasteiger partial charge in [0.15, 0.2) is 0 Å². The molecule has 1 saturated carbocycles. The van der Waals surface area contributed by atoms with Crippen molar-refractivity contribution in [3.05, 3.63) is 12.7 Å². The van der Waals surface area contributed by atoms with Crippen LogP contribution in [0.3, 0.4) is 0 Å². The van der Waals surface area contributed by atoms with Crippen molar-refractivity contribution in [2.24, 2.45) is 28.6 Å². The minimum absolute atomic E-state index is 0.0636. The molecule has 2 rings (SSSR count). The Hall–Kier alpha value is -3.64.